The molecule has 2 rings (SSSR count). The van der Waals surface area contributed by atoms with Crippen molar-refractivity contribution in [3.63, 3.8) is 0 Å². The highest BCUT2D eigenvalue weighted by molar-refractivity contribution is 6.31. The quantitative estimate of drug-likeness (QED) is 0.818. The molecule has 18 heavy (non-hydrogen) atoms. The molecule has 2 N–H and O–H groups in total. The molecule has 0 heterocycles. The minimum absolute atomic E-state index is 0.0185. The third-order valence-corrected chi connectivity index (χ3v) is 3.25. The van der Waals surface area contributed by atoms with Crippen LogP contribution in [-0.2, 0) is 0 Å². The zero-order chi connectivity index (χ0) is 13.3. The van der Waals surface area contributed by atoms with Crippen LogP contribution in [0.4, 0.5) is 8.78 Å². The van der Waals surface area contributed by atoms with E-state index in [0.29, 0.717) is 10.6 Å². The predicted octanol–water partition coefficient (Wildman–Crippen LogP) is 4.32. The lowest BCUT2D eigenvalue weighted by Crippen LogP contribution is -2.14. The normalized spacial score (nSPS) is 12.5. The van der Waals surface area contributed by atoms with Crippen LogP contribution in [0.1, 0.15) is 17.2 Å². The van der Waals surface area contributed by atoms with Crippen molar-refractivity contribution in [1.82, 2.24) is 0 Å². The lowest BCUT2D eigenvalue weighted by Gasteiger charge is -2.15. The minimum Gasteiger partial charge on any atom is -0.320 e. The molecule has 0 aromatic heterocycles. The number of hydrogen-bond acceptors (Lipinski definition) is 1. The molecule has 0 radical (unpaired) electrons. The van der Waals surface area contributed by atoms with Crippen molar-refractivity contribution in [1.29, 1.82) is 0 Å². The van der Waals surface area contributed by atoms with Crippen LogP contribution in [0.2, 0.25) is 10.0 Å². The summed E-state index contributed by atoms with van der Waals surface area (Å²) < 4.78 is 27.1. The Balaban J connectivity index is 2.50. The summed E-state index contributed by atoms with van der Waals surface area (Å²) in [6, 6.07) is 7.82. The van der Waals surface area contributed by atoms with Gasteiger partial charge in [0.15, 0.2) is 0 Å². The molecule has 94 valence electrons. The second-order valence-electron chi connectivity index (χ2n) is 3.79. The van der Waals surface area contributed by atoms with E-state index < -0.39 is 17.7 Å². The van der Waals surface area contributed by atoms with E-state index in [9.17, 15) is 8.78 Å². The van der Waals surface area contributed by atoms with Gasteiger partial charge in [-0.15, -0.1) is 0 Å². The fourth-order valence-electron chi connectivity index (χ4n) is 1.67. The molecule has 0 fully saturated rings. The molecule has 1 atom stereocenters. The molecule has 0 saturated carbocycles. The van der Waals surface area contributed by atoms with E-state index in [1.807, 2.05) is 0 Å². The lowest BCUT2D eigenvalue weighted by molar-refractivity contribution is 0.577. The van der Waals surface area contributed by atoms with E-state index in [4.69, 9.17) is 28.9 Å². The molecule has 0 amide bonds. The number of rotatable bonds is 2. The smallest absolute Gasteiger partial charge is 0.142 e. The molecule has 0 bridgehead atoms. The first-order valence-corrected chi connectivity index (χ1v) is 5.90. The SMILES string of the molecule is NC(c1cc(F)c(Cl)cc1F)c1ccccc1Cl. The summed E-state index contributed by atoms with van der Waals surface area (Å²) in [4.78, 5) is 0. The van der Waals surface area contributed by atoms with Crippen molar-refractivity contribution in [2.45, 2.75) is 6.04 Å². The Bertz CT molecular complexity index is 587. The van der Waals surface area contributed by atoms with Gasteiger partial charge in [0.25, 0.3) is 0 Å². The predicted molar refractivity (Wildman–Crippen MR) is 68.9 cm³/mol. The fourth-order valence-corrected chi connectivity index (χ4v) is 2.07. The fraction of sp³-hybridized carbons (Fsp3) is 0.0769. The van der Waals surface area contributed by atoms with Crippen LogP contribution in [0.15, 0.2) is 36.4 Å². The third kappa shape index (κ3) is 2.48. The average Bonchev–Trinajstić information content (AvgIpc) is 2.33. The molecule has 0 spiro atoms. The zero-order valence-corrected chi connectivity index (χ0v) is 10.6. The summed E-state index contributed by atoms with van der Waals surface area (Å²) in [5, 5.41) is 0.127. The van der Waals surface area contributed by atoms with Crippen molar-refractivity contribution in [3.05, 3.63) is 69.2 Å². The van der Waals surface area contributed by atoms with E-state index in [-0.39, 0.29) is 10.6 Å². The second-order valence-corrected chi connectivity index (χ2v) is 4.60. The maximum absolute atomic E-state index is 13.7. The molecule has 1 unspecified atom stereocenters. The van der Waals surface area contributed by atoms with E-state index in [1.165, 1.54) is 0 Å². The van der Waals surface area contributed by atoms with Crippen LogP contribution in [-0.4, -0.2) is 0 Å². The van der Waals surface area contributed by atoms with Gasteiger partial charge in [-0.25, -0.2) is 8.78 Å². The number of halogens is 4. The monoisotopic (exact) mass is 287 g/mol. The van der Waals surface area contributed by atoms with Gasteiger partial charge in [-0.3, -0.25) is 0 Å². The molecule has 2 aromatic rings. The highest BCUT2D eigenvalue weighted by atomic mass is 35.5. The Morgan fingerprint density at radius 3 is 2.22 bits per heavy atom. The Labute approximate surface area is 113 Å². The number of nitrogens with two attached hydrogens (primary N) is 1. The van der Waals surface area contributed by atoms with Crippen molar-refractivity contribution in [2.75, 3.05) is 0 Å². The molecular formula is C13H9Cl2F2N. The zero-order valence-electron chi connectivity index (χ0n) is 9.13. The van der Waals surface area contributed by atoms with Gasteiger partial charge in [-0.05, 0) is 23.8 Å². The Kier molecular flexibility index (Phi) is 3.85. The van der Waals surface area contributed by atoms with E-state index in [1.54, 1.807) is 24.3 Å². The van der Waals surface area contributed by atoms with Crippen LogP contribution in [0.25, 0.3) is 0 Å². The van der Waals surface area contributed by atoms with Gasteiger partial charge in [-0.2, -0.15) is 0 Å². The molecule has 0 aliphatic carbocycles. The van der Waals surface area contributed by atoms with Crippen LogP contribution in [0.5, 0.6) is 0 Å². The maximum atomic E-state index is 13.7. The van der Waals surface area contributed by atoms with E-state index in [0.717, 1.165) is 12.1 Å². The Morgan fingerprint density at radius 2 is 1.56 bits per heavy atom. The number of hydrogen-bond donors (Lipinski definition) is 1. The van der Waals surface area contributed by atoms with Gasteiger partial charge < -0.3 is 5.73 Å². The highest BCUT2D eigenvalue weighted by Crippen LogP contribution is 2.30. The maximum Gasteiger partial charge on any atom is 0.142 e. The van der Waals surface area contributed by atoms with Crippen LogP contribution in [0.3, 0.4) is 0 Å². The highest BCUT2D eigenvalue weighted by Gasteiger charge is 2.18. The van der Waals surface area contributed by atoms with Crippen molar-refractivity contribution < 1.29 is 8.78 Å². The number of benzene rings is 2. The summed E-state index contributed by atoms with van der Waals surface area (Å²) in [6.07, 6.45) is 0. The van der Waals surface area contributed by atoms with Crippen molar-refractivity contribution >= 4 is 23.2 Å². The standard InChI is InChI=1S/C13H9Cl2F2N/c14-9-4-2-1-3-7(9)13(18)8-5-12(17)10(15)6-11(8)16/h1-6,13H,18H2. The molecule has 0 saturated heterocycles. The third-order valence-electron chi connectivity index (χ3n) is 2.61. The van der Waals surface area contributed by atoms with Crippen molar-refractivity contribution in [3.8, 4) is 0 Å². The molecule has 1 nitrogen and oxygen atoms in total. The Hall–Kier alpha value is -1.16. The molecule has 5 heteroatoms. The molecule has 2 aromatic carbocycles. The van der Waals surface area contributed by atoms with Crippen molar-refractivity contribution in [2.24, 2.45) is 5.73 Å². The van der Waals surface area contributed by atoms with Crippen LogP contribution >= 0.6 is 23.2 Å². The molecule has 0 aliphatic rings. The van der Waals surface area contributed by atoms with Gasteiger partial charge >= 0.3 is 0 Å². The van der Waals surface area contributed by atoms with E-state index >= 15 is 0 Å². The second kappa shape index (κ2) is 5.22. The topological polar surface area (TPSA) is 26.0 Å². The summed E-state index contributed by atoms with van der Waals surface area (Å²) in [5.41, 5.74) is 6.45. The molecule has 0 aliphatic heterocycles. The first-order valence-electron chi connectivity index (χ1n) is 5.15. The minimum atomic E-state index is -0.842. The largest absolute Gasteiger partial charge is 0.320 e. The van der Waals surface area contributed by atoms with Crippen LogP contribution in [0, 0.1) is 11.6 Å². The van der Waals surface area contributed by atoms with Gasteiger partial charge in [0.1, 0.15) is 11.6 Å². The molecular weight excluding hydrogens is 279 g/mol. The lowest BCUT2D eigenvalue weighted by atomic mass is 9.99. The first-order chi connectivity index (χ1) is 8.50. The van der Waals surface area contributed by atoms with E-state index in [2.05, 4.69) is 0 Å². The summed E-state index contributed by atoms with van der Waals surface area (Å²) in [7, 11) is 0. The summed E-state index contributed by atoms with van der Waals surface area (Å²) in [5.74, 6) is -1.37. The average molecular weight is 288 g/mol. The van der Waals surface area contributed by atoms with Gasteiger partial charge in [0.05, 0.1) is 11.1 Å². The van der Waals surface area contributed by atoms with Crippen LogP contribution < -0.4 is 5.73 Å². The van der Waals surface area contributed by atoms with Gasteiger partial charge in [0, 0.05) is 10.6 Å². The van der Waals surface area contributed by atoms with Gasteiger partial charge in [0.2, 0.25) is 0 Å². The summed E-state index contributed by atoms with van der Waals surface area (Å²) in [6.45, 7) is 0. The Morgan fingerprint density at radius 1 is 0.889 bits per heavy atom. The summed E-state index contributed by atoms with van der Waals surface area (Å²) >= 11 is 11.5. The first kappa shape index (κ1) is 13.3. The van der Waals surface area contributed by atoms with Gasteiger partial charge in [-0.1, -0.05) is 41.4 Å².